The maximum absolute atomic E-state index is 12.9. The number of rotatable bonds is 10. The number of benzene rings is 1. The van der Waals surface area contributed by atoms with Crippen molar-refractivity contribution in [1.29, 1.82) is 0 Å². The van der Waals surface area contributed by atoms with Crippen LogP contribution in [0.4, 0.5) is 0 Å². The van der Waals surface area contributed by atoms with E-state index in [2.05, 4.69) is 4.98 Å². The first-order valence-electron chi connectivity index (χ1n) is 11.1. The molecule has 1 atom stereocenters. The van der Waals surface area contributed by atoms with Crippen molar-refractivity contribution in [2.24, 2.45) is 5.92 Å². The predicted octanol–water partition coefficient (Wildman–Crippen LogP) is 3.12. The third-order valence-corrected chi connectivity index (χ3v) is 7.79. The van der Waals surface area contributed by atoms with Gasteiger partial charge in [-0.3, -0.25) is 15.0 Å². The SMILES string of the molecule is Cc1cc(COC2CCN(S(=O)(=O)CC(CC(C)C)N(O)C=O)CC2)c2ccccc2n1. The molecule has 2 aromatic rings. The summed E-state index contributed by atoms with van der Waals surface area (Å²) in [7, 11) is -3.60. The summed E-state index contributed by atoms with van der Waals surface area (Å²) < 4.78 is 33.4. The van der Waals surface area contributed by atoms with Gasteiger partial charge in [0.15, 0.2) is 0 Å². The lowest BCUT2D eigenvalue weighted by molar-refractivity contribution is -0.159. The van der Waals surface area contributed by atoms with Crippen LogP contribution in [0.5, 0.6) is 0 Å². The molecule has 0 spiro atoms. The van der Waals surface area contributed by atoms with E-state index < -0.39 is 16.1 Å². The lowest BCUT2D eigenvalue weighted by Gasteiger charge is -2.33. The van der Waals surface area contributed by atoms with Gasteiger partial charge >= 0.3 is 0 Å². The molecule has 1 aromatic heterocycles. The number of hydrogen-bond acceptors (Lipinski definition) is 6. The van der Waals surface area contributed by atoms with E-state index in [1.807, 2.05) is 51.1 Å². The van der Waals surface area contributed by atoms with Crippen LogP contribution in [0.2, 0.25) is 0 Å². The van der Waals surface area contributed by atoms with Crippen LogP contribution < -0.4 is 0 Å². The maximum atomic E-state index is 12.9. The largest absolute Gasteiger partial charge is 0.373 e. The fourth-order valence-electron chi connectivity index (χ4n) is 4.23. The third kappa shape index (κ3) is 6.25. The number of pyridine rings is 1. The topological polar surface area (TPSA) is 100 Å². The van der Waals surface area contributed by atoms with Crippen LogP contribution in [0.15, 0.2) is 30.3 Å². The van der Waals surface area contributed by atoms with Crippen molar-refractivity contribution < 1.29 is 23.2 Å². The number of para-hydroxylation sites is 1. The number of hydrogen-bond donors (Lipinski definition) is 1. The second-order valence-electron chi connectivity index (χ2n) is 8.90. The predicted molar refractivity (Wildman–Crippen MR) is 123 cm³/mol. The van der Waals surface area contributed by atoms with E-state index in [0.29, 0.717) is 44.0 Å². The molecule has 1 unspecified atom stereocenters. The monoisotopic (exact) mass is 463 g/mol. The summed E-state index contributed by atoms with van der Waals surface area (Å²) in [5.41, 5.74) is 2.96. The molecule has 1 N–H and O–H groups in total. The molecule has 0 saturated carbocycles. The minimum atomic E-state index is -3.60. The van der Waals surface area contributed by atoms with Crippen molar-refractivity contribution in [3.63, 3.8) is 0 Å². The molecule has 176 valence electrons. The highest BCUT2D eigenvalue weighted by Crippen LogP contribution is 2.23. The fourth-order valence-corrected chi connectivity index (χ4v) is 5.98. The highest BCUT2D eigenvalue weighted by Gasteiger charge is 2.32. The molecule has 1 amide bonds. The molecular formula is C23H33N3O5S. The van der Waals surface area contributed by atoms with Gasteiger partial charge in [0, 0.05) is 24.2 Å². The number of sulfonamides is 1. The highest BCUT2D eigenvalue weighted by atomic mass is 32.2. The van der Waals surface area contributed by atoms with Crippen LogP contribution >= 0.6 is 0 Å². The van der Waals surface area contributed by atoms with Crippen LogP contribution in [0.25, 0.3) is 10.9 Å². The molecule has 9 heteroatoms. The zero-order valence-corrected chi connectivity index (χ0v) is 19.8. The number of aromatic nitrogens is 1. The van der Waals surface area contributed by atoms with E-state index in [1.54, 1.807) is 0 Å². The lowest BCUT2D eigenvalue weighted by Crippen LogP contribution is -2.46. The number of piperidine rings is 1. The Labute approximate surface area is 190 Å². The Kier molecular flexibility index (Phi) is 8.21. The van der Waals surface area contributed by atoms with Gasteiger partial charge in [0.05, 0.1) is 30.0 Å². The molecule has 3 rings (SSSR count). The number of nitrogens with zero attached hydrogens (tertiary/aromatic N) is 3. The minimum absolute atomic E-state index is 0.0236. The van der Waals surface area contributed by atoms with Crippen LogP contribution in [-0.4, -0.2) is 65.4 Å². The summed E-state index contributed by atoms with van der Waals surface area (Å²) in [4.78, 5) is 15.5. The molecule has 0 aliphatic carbocycles. The molecule has 1 saturated heterocycles. The van der Waals surface area contributed by atoms with Gasteiger partial charge in [-0.15, -0.1) is 0 Å². The van der Waals surface area contributed by atoms with Crippen LogP contribution in [-0.2, 0) is 26.2 Å². The van der Waals surface area contributed by atoms with Gasteiger partial charge in [-0.05, 0) is 49.8 Å². The standard InChI is InChI=1S/C23H33N3O5S/c1-17(2)12-20(26(28)16-27)15-32(29,30)25-10-8-21(9-11-25)31-14-19-13-18(3)24-23-7-5-4-6-22(19)23/h4-7,13,16-17,20-21,28H,8-12,14-15H2,1-3H3. The number of carbonyl (C=O) groups excluding carboxylic acids is 1. The third-order valence-electron chi connectivity index (χ3n) is 5.83. The van der Waals surface area contributed by atoms with Crippen LogP contribution in [0.1, 0.15) is 44.4 Å². The molecule has 0 radical (unpaired) electrons. The Hall–Kier alpha value is -2.07. The first-order chi connectivity index (χ1) is 15.2. The Morgan fingerprint density at radius 1 is 1.28 bits per heavy atom. The quantitative estimate of drug-likeness (QED) is 0.330. The molecule has 1 aliphatic heterocycles. The van der Waals surface area contributed by atoms with E-state index in [0.717, 1.165) is 22.2 Å². The summed E-state index contributed by atoms with van der Waals surface area (Å²) in [6.07, 6.45) is 1.86. The van der Waals surface area contributed by atoms with E-state index >= 15 is 0 Å². The van der Waals surface area contributed by atoms with Crippen molar-refractivity contribution in [1.82, 2.24) is 14.4 Å². The molecule has 32 heavy (non-hydrogen) atoms. The Balaban J connectivity index is 1.57. The van der Waals surface area contributed by atoms with Crippen molar-refractivity contribution >= 4 is 27.3 Å². The van der Waals surface area contributed by atoms with E-state index in [-0.39, 0.29) is 24.2 Å². The number of ether oxygens (including phenoxy) is 1. The van der Waals surface area contributed by atoms with Gasteiger partial charge in [-0.1, -0.05) is 32.0 Å². The summed E-state index contributed by atoms with van der Waals surface area (Å²) in [6.45, 7) is 7.00. The lowest BCUT2D eigenvalue weighted by atomic mass is 10.1. The number of amides is 1. The van der Waals surface area contributed by atoms with Gasteiger partial charge in [0.25, 0.3) is 0 Å². The zero-order valence-electron chi connectivity index (χ0n) is 19.0. The molecule has 0 bridgehead atoms. The molecule has 8 nitrogen and oxygen atoms in total. The number of hydroxylamine groups is 2. The van der Waals surface area contributed by atoms with Gasteiger partial charge in [-0.25, -0.2) is 17.8 Å². The maximum Gasteiger partial charge on any atom is 0.233 e. The first kappa shape index (κ1) is 24.6. The number of carbonyl (C=O) groups is 1. The van der Waals surface area contributed by atoms with Gasteiger partial charge in [0.1, 0.15) is 0 Å². The minimum Gasteiger partial charge on any atom is -0.373 e. The van der Waals surface area contributed by atoms with Crippen LogP contribution in [0, 0.1) is 12.8 Å². The van der Waals surface area contributed by atoms with Crippen molar-refractivity contribution in [3.05, 3.63) is 41.6 Å². The Bertz CT molecular complexity index is 1020. The van der Waals surface area contributed by atoms with Gasteiger partial charge < -0.3 is 4.74 Å². The smallest absolute Gasteiger partial charge is 0.233 e. The van der Waals surface area contributed by atoms with E-state index in [4.69, 9.17) is 4.74 Å². The molecule has 2 heterocycles. The summed E-state index contributed by atoms with van der Waals surface area (Å²) in [5, 5.41) is 11.3. The normalized spacial score (nSPS) is 17.0. The van der Waals surface area contributed by atoms with Crippen molar-refractivity contribution in [3.8, 4) is 0 Å². The number of fused-ring (bicyclic) bond motifs is 1. The molecular weight excluding hydrogens is 430 g/mol. The van der Waals surface area contributed by atoms with Crippen LogP contribution in [0.3, 0.4) is 0 Å². The first-order valence-corrected chi connectivity index (χ1v) is 12.7. The average Bonchev–Trinajstić information content (AvgIpc) is 2.76. The second kappa shape index (κ2) is 10.7. The molecule has 1 aliphatic rings. The van der Waals surface area contributed by atoms with Crippen molar-refractivity contribution in [2.75, 3.05) is 18.8 Å². The Morgan fingerprint density at radius 3 is 2.62 bits per heavy atom. The Morgan fingerprint density at radius 2 is 1.97 bits per heavy atom. The average molecular weight is 464 g/mol. The van der Waals surface area contributed by atoms with Gasteiger partial charge in [-0.2, -0.15) is 0 Å². The van der Waals surface area contributed by atoms with Gasteiger partial charge in [0.2, 0.25) is 16.4 Å². The summed E-state index contributed by atoms with van der Waals surface area (Å²) in [6, 6.07) is 9.25. The fraction of sp³-hybridized carbons (Fsp3) is 0.565. The summed E-state index contributed by atoms with van der Waals surface area (Å²) >= 11 is 0. The molecule has 1 fully saturated rings. The van der Waals surface area contributed by atoms with Crippen molar-refractivity contribution in [2.45, 2.75) is 58.8 Å². The molecule has 1 aromatic carbocycles. The second-order valence-corrected chi connectivity index (χ2v) is 10.9. The highest BCUT2D eigenvalue weighted by molar-refractivity contribution is 7.89. The zero-order chi connectivity index (χ0) is 23.3. The number of aryl methyl sites for hydroxylation is 1. The van der Waals surface area contributed by atoms with E-state index in [9.17, 15) is 18.4 Å². The summed E-state index contributed by atoms with van der Waals surface area (Å²) in [5.74, 6) is -0.134. The van der Waals surface area contributed by atoms with E-state index in [1.165, 1.54) is 4.31 Å².